The van der Waals surface area contributed by atoms with E-state index in [-0.39, 0.29) is 22.6 Å². The third kappa shape index (κ3) is 3.26. The van der Waals surface area contributed by atoms with Crippen molar-refractivity contribution in [2.75, 3.05) is 7.05 Å². The van der Waals surface area contributed by atoms with Crippen molar-refractivity contribution < 1.29 is 13.5 Å². The summed E-state index contributed by atoms with van der Waals surface area (Å²) in [5, 5.41) is 3.02. The van der Waals surface area contributed by atoms with Gasteiger partial charge in [-0.25, -0.2) is 8.78 Å². The second-order valence-electron chi connectivity index (χ2n) is 4.38. The van der Waals surface area contributed by atoms with Crippen molar-refractivity contribution in [1.29, 1.82) is 0 Å². The van der Waals surface area contributed by atoms with E-state index in [9.17, 15) is 8.78 Å². The molecule has 0 spiro atoms. The zero-order chi connectivity index (χ0) is 14.7. The summed E-state index contributed by atoms with van der Waals surface area (Å²) in [6, 6.07) is 8.66. The number of hydrogen-bond donors (Lipinski definition) is 1. The molecule has 0 aliphatic carbocycles. The average Bonchev–Trinajstić information content (AvgIpc) is 2.44. The molecular formula is C15H14ClF2NO. The molecule has 0 saturated heterocycles. The number of halogens is 3. The molecule has 0 radical (unpaired) electrons. The van der Waals surface area contributed by atoms with Gasteiger partial charge >= 0.3 is 0 Å². The number of benzene rings is 2. The lowest BCUT2D eigenvalue weighted by Gasteiger charge is -2.13. The fourth-order valence-electron chi connectivity index (χ4n) is 1.70. The molecule has 20 heavy (non-hydrogen) atoms. The van der Waals surface area contributed by atoms with Crippen LogP contribution < -0.4 is 10.1 Å². The lowest BCUT2D eigenvalue weighted by Crippen LogP contribution is -2.12. The zero-order valence-corrected chi connectivity index (χ0v) is 11.8. The quantitative estimate of drug-likeness (QED) is 0.884. The van der Waals surface area contributed by atoms with Crippen molar-refractivity contribution in [2.24, 2.45) is 0 Å². The molecule has 2 aromatic rings. The topological polar surface area (TPSA) is 21.3 Å². The molecule has 2 rings (SSSR count). The average molecular weight is 298 g/mol. The first-order valence-electron chi connectivity index (χ1n) is 6.11. The number of ether oxygens (including phenoxy) is 1. The Morgan fingerprint density at radius 1 is 1.10 bits per heavy atom. The summed E-state index contributed by atoms with van der Waals surface area (Å²) in [5.74, 6) is -0.871. The van der Waals surface area contributed by atoms with Gasteiger partial charge in [-0.05, 0) is 43.8 Å². The molecule has 106 valence electrons. The maximum atomic E-state index is 13.9. The fourth-order valence-corrected chi connectivity index (χ4v) is 1.82. The van der Waals surface area contributed by atoms with Gasteiger partial charge in [0.05, 0.1) is 5.02 Å². The van der Waals surface area contributed by atoms with E-state index in [1.165, 1.54) is 24.3 Å². The highest BCUT2D eigenvalue weighted by atomic mass is 35.5. The number of hydrogen-bond acceptors (Lipinski definition) is 2. The molecule has 1 atom stereocenters. The zero-order valence-electron chi connectivity index (χ0n) is 11.1. The van der Waals surface area contributed by atoms with Crippen LogP contribution in [0.3, 0.4) is 0 Å². The van der Waals surface area contributed by atoms with Crippen LogP contribution in [0.2, 0.25) is 5.02 Å². The molecule has 1 unspecified atom stereocenters. The van der Waals surface area contributed by atoms with Crippen LogP contribution in [0.1, 0.15) is 18.5 Å². The third-order valence-electron chi connectivity index (χ3n) is 3.01. The van der Waals surface area contributed by atoms with Gasteiger partial charge in [-0.15, -0.1) is 0 Å². The Hall–Kier alpha value is -1.65. The fraction of sp³-hybridized carbons (Fsp3) is 0.200. The van der Waals surface area contributed by atoms with Crippen LogP contribution in [0, 0.1) is 11.6 Å². The van der Waals surface area contributed by atoms with E-state index in [0.717, 1.165) is 11.6 Å². The minimum absolute atomic E-state index is 0.00369. The van der Waals surface area contributed by atoms with Crippen LogP contribution >= 0.6 is 11.6 Å². The van der Waals surface area contributed by atoms with Crippen molar-refractivity contribution in [3.05, 3.63) is 58.6 Å². The molecule has 1 N–H and O–H groups in total. The molecular weight excluding hydrogens is 284 g/mol. The van der Waals surface area contributed by atoms with Crippen molar-refractivity contribution in [3.63, 3.8) is 0 Å². The Kier molecular flexibility index (Phi) is 4.57. The predicted molar refractivity (Wildman–Crippen MR) is 75.4 cm³/mol. The summed E-state index contributed by atoms with van der Waals surface area (Å²) in [6.45, 7) is 1.92. The Morgan fingerprint density at radius 3 is 2.45 bits per heavy atom. The Balaban J connectivity index is 2.23. The molecule has 0 saturated carbocycles. The summed E-state index contributed by atoms with van der Waals surface area (Å²) in [6.07, 6.45) is 0. The highest BCUT2D eigenvalue weighted by molar-refractivity contribution is 6.30. The van der Waals surface area contributed by atoms with E-state index in [0.29, 0.717) is 0 Å². The smallest absolute Gasteiger partial charge is 0.166 e. The third-order valence-corrected chi connectivity index (χ3v) is 3.31. The first kappa shape index (κ1) is 14.8. The Morgan fingerprint density at radius 2 is 1.85 bits per heavy atom. The minimum atomic E-state index is -0.606. The van der Waals surface area contributed by atoms with Crippen LogP contribution in [0.4, 0.5) is 8.78 Å². The van der Waals surface area contributed by atoms with E-state index in [4.69, 9.17) is 16.3 Å². The van der Waals surface area contributed by atoms with E-state index in [1.807, 2.05) is 6.92 Å². The van der Waals surface area contributed by atoms with Gasteiger partial charge in [0, 0.05) is 12.1 Å². The second kappa shape index (κ2) is 6.20. The van der Waals surface area contributed by atoms with Crippen LogP contribution in [-0.2, 0) is 0 Å². The van der Waals surface area contributed by atoms with Gasteiger partial charge in [-0.3, -0.25) is 0 Å². The van der Waals surface area contributed by atoms with E-state index >= 15 is 0 Å². The first-order valence-corrected chi connectivity index (χ1v) is 6.48. The van der Waals surface area contributed by atoms with Gasteiger partial charge in [0.1, 0.15) is 11.6 Å². The molecule has 0 amide bonds. The molecule has 0 bridgehead atoms. The van der Waals surface area contributed by atoms with Gasteiger partial charge < -0.3 is 10.1 Å². The van der Waals surface area contributed by atoms with Crippen LogP contribution in [0.15, 0.2) is 36.4 Å². The normalized spacial score (nSPS) is 12.2. The van der Waals surface area contributed by atoms with E-state index < -0.39 is 11.6 Å². The standard InChI is InChI=1S/C15H14ClF2NO/c1-9(19-2)10-3-6-15(14(18)7-10)20-11-4-5-12(16)13(17)8-11/h3-9,19H,1-2H3. The van der Waals surface area contributed by atoms with E-state index in [2.05, 4.69) is 5.32 Å². The lowest BCUT2D eigenvalue weighted by atomic mass is 10.1. The minimum Gasteiger partial charge on any atom is -0.454 e. The summed E-state index contributed by atoms with van der Waals surface area (Å²) in [7, 11) is 1.80. The number of nitrogens with one attached hydrogen (secondary N) is 1. The highest BCUT2D eigenvalue weighted by Gasteiger charge is 2.10. The molecule has 0 aliphatic rings. The van der Waals surface area contributed by atoms with Crippen molar-refractivity contribution in [1.82, 2.24) is 5.32 Å². The summed E-state index contributed by atoms with van der Waals surface area (Å²) in [5.41, 5.74) is 0.805. The van der Waals surface area contributed by atoms with Crippen molar-refractivity contribution in [2.45, 2.75) is 13.0 Å². The monoisotopic (exact) mass is 297 g/mol. The summed E-state index contributed by atoms with van der Waals surface area (Å²) >= 11 is 5.57. The summed E-state index contributed by atoms with van der Waals surface area (Å²) in [4.78, 5) is 0. The van der Waals surface area contributed by atoms with E-state index in [1.54, 1.807) is 13.1 Å². The van der Waals surface area contributed by atoms with Gasteiger partial charge in [-0.2, -0.15) is 0 Å². The molecule has 0 heterocycles. The predicted octanol–water partition coefficient (Wildman–Crippen LogP) is 4.69. The van der Waals surface area contributed by atoms with Crippen LogP contribution in [-0.4, -0.2) is 7.05 Å². The lowest BCUT2D eigenvalue weighted by molar-refractivity contribution is 0.437. The maximum Gasteiger partial charge on any atom is 0.166 e. The first-order chi connectivity index (χ1) is 9.51. The molecule has 2 aromatic carbocycles. The Bertz CT molecular complexity index is 619. The molecule has 2 nitrogen and oxygen atoms in total. The molecule has 5 heteroatoms. The van der Waals surface area contributed by atoms with Crippen LogP contribution in [0.5, 0.6) is 11.5 Å². The number of rotatable bonds is 4. The highest BCUT2D eigenvalue weighted by Crippen LogP contribution is 2.28. The van der Waals surface area contributed by atoms with Crippen molar-refractivity contribution in [3.8, 4) is 11.5 Å². The second-order valence-corrected chi connectivity index (χ2v) is 4.79. The molecule has 0 aliphatic heterocycles. The molecule has 0 fully saturated rings. The largest absolute Gasteiger partial charge is 0.454 e. The Labute approximate surface area is 121 Å². The van der Waals surface area contributed by atoms with Gasteiger partial charge in [0.2, 0.25) is 0 Å². The van der Waals surface area contributed by atoms with Gasteiger partial charge in [-0.1, -0.05) is 17.7 Å². The molecule has 0 aromatic heterocycles. The van der Waals surface area contributed by atoms with Crippen LogP contribution in [0.25, 0.3) is 0 Å². The van der Waals surface area contributed by atoms with Crippen molar-refractivity contribution >= 4 is 11.6 Å². The summed E-state index contributed by atoms with van der Waals surface area (Å²) < 4.78 is 32.5. The maximum absolute atomic E-state index is 13.9. The van der Waals surface area contributed by atoms with Gasteiger partial charge in [0.25, 0.3) is 0 Å². The van der Waals surface area contributed by atoms with Gasteiger partial charge in [0.15, 0.2) is 11.6 Å². The SMILES string of the molecule is CNC(C)c1ccc(Oc2ccc(Cl)c(F)c2)c(F)c1.